The fraction of sp³-hybridized carbons (Fsp3) is 0.471. The molecule has 1 atom stereocenters. The summed E-state index contributed by atoms with van der Waals surface area (Å²) in [6.07, 6.45) is 6.82. The number of rotatable bonds is 4. The van der Waals surface area contributed by atoms with Crippen molar-refractivity contribution < 1.29 is 0 Å². The van der Waals surface area contributed by atoms with Gasteiger partial charge in [0.1, 0.15) is 0 Å². The van der Waals surface area contributed by atoms with Gasteiger partial charge in [0.15, 0.2) is 0 Å². The van der Waals surface area contributed by atoms with Gasteiger partial charge in [-0.05, 0) is 43.9 Å². The topological polar surface area (TPSA) is 31.9 Å². The first-order valence-electron chi connectivity index (χ1n) is 7.64. The molecule has 1 N–H and O–H groups in total. The Balaban J connectivity index is 1.90. The number of hydrogen-bond donors (Lipinski definition) is 1. The predicted molar refractivity (Wildman–Crippen MR) is 81.3 cm³/mol. The number of aromatic nitrogens is 2. The second-order valence-corrected chi connectivity index (χ2v) is 5.72. The summed E-state index contributed by atoms with van der Waals surface area (Å²) in [7, 11) is 0. The van der Waals surface area contributed by atoms with Crippen molar-refractivity contribution in [1.29, 1.82) is 0 Å². The number of hydrogen-bond acceptors (Lipinski definition) is 2. The van der Waals surface area contributed by atoms with Crippen molar-refractivity contribution in [1.82, 2.24) is 15.1 Å². The molecule has 1 aliphatic rings. The lowest BCUT2D eigenvalue weighted by atomic mass is 9.81. The molecule has 0 bridgehead atoms. The summed E-state index contributed by atoms with van der Waals surface area (Å²) in [5, 5.41) is 7.40. The van der Waals surface area contributed by atoms with E-state index < -0.39 is 0 Å². The first-order chi connectivity index (χ1) is 9.85. The highest BCUT2D eigenvalue weighted by Crippen LogP contribution is 2.40. The van der Waals surface area contributed by atoms with Gasteiger partial charge < -0.3 is 0 Å². The van der Waals surface area contributed by atoms with Gasteiger partial charge in [-0.1, -0.05) is 37.3 Å². The van der Waals surface area contributed by atoms with Crippen molar-refractivity contribution in [3.8, 4) is 0 Å². The van der Waals surface area contributed by atoms with Crippen LogP contribution in [0.2, 0.25) is 0 Å². The molecule has 0 radical (unpaired) electrons. The maximum Gasteiger partial charge on any atom is 0.0628 e. The third kappa shape index (κ3) is 2.38. The zero-order valence-electron chi connectivity index (χ0n) is 12.2. The standard InChI is InChI=1S/C17H23N3/c1-2-17(16-10-12-18-19-16)11-6-7-13-20(17)14-15-8-4-3-5-9-15/h3-5,8-10,12H,2,6-7,11,13-14H2,1H3,(H,18,19). The van der Waals surface area contributed by atoms with E-state index in [1.54, 1.807) is 0 Å². The summed E-state index contributed by atoms with van der Waals surface area (Å²) in [5.41, 5.74) is 2.80. The summed E-state index contributed by atoms with van der Waals surface area (Å²) in [6, 6.07) is 12.9. The van der Waals surface area contributed by atoms with Crippen molar-refractivity contribution in [2.75, 3.05) is 6.54 Å². The van der Waals surface area contributed by atoms with Gasteiger partial charge in [0, 0.05) is 12.7 Å². The van der Waals surface area contributed by atoms with Gasteiger partial charge in [-0.25, -0.2) is 0 Å². The maximum atomic E-state index is 4.18. The van der Waals surface area contributed by atoms with Crippen LogP contribution in [-0.2, 0) is 12.1 Å². The van der Waals surface area contributed by atoms with E-state index in [0.717, 1.165) is 13.0 Å². The number of piperidine rings is 1. The molecule has 2 heterocycles. The van der Waals surface area contributed by atoms with E-state index in [1.165, 1.54) is 37.1 Å². The molecule has 1 aliphatic heterocycles. The summed E-state index contributed by atoms with van der Waals surface area (Å²) < 4.78 is 0. The number of nitrogens with zero attached hydrogens (tertiary/aromatic N) is 2. The summed E-state index contributed by atoms with van der Waals surface area (Å²) in [4.78, 5) is 2.64. The molecule has 1 aromatic carbocycles. The third-order valence-electron chi connectivity index (χ3n) is 4.68. The Kier molecular flexibility index (Phi) is 3.88. The molecule has 0 amide bonds. The fourth-order valence-corrected chi connectivity index (χ4v) is 3.54. The van der Waals surface area contributed by atoms with Crippen molar-refractivity contribution in [3.05, 3.63) is 53.9 Å². The van der Waals surface area contributed by atoms with Gasteiger partial charge in [-0.2, -0.15) is 5.10 Å². The van der Waals surface area contributed by atoms with Crippen LogP contribution < -0.4 is 0 Å². The Morgan fingerprint density at radius 3 is 2.75 bits per heavy atom. The molecule has 1 aromatic heterocycles. The number of benzene rings is 1. The van der Waals surface area contributed by atoms with Gasteiger partial charge >= 0.3 is 0 Å². The molecule has 1 fully saturated rings. The van der Waals surface area contributed by atoms with E-state index in [9.17, 15) is 0 Å². The monoisotopic (exact) mass is 269 g/mol. The molecule has 1 saturated heterocycles. The molecule has 20 heavy (non-hydrogen) atoms. The minimum Gasteiger partial charge on any atom is -0.288 e. The average Bonchev–Trinajstić information content (AvgIpc) is 3.04. The minimum absolute atomic E-state index is 0.130. The van der Waals surface area contributed by atoms with Crippen molar-refractivity contribution in [2.24, 2.45) is 0 Å². The number of aromatic amines is 1. The third-order valence-corrected chi connectivity index (χ3v) is 4.68. The lowest BCUT2D eigenvalue weighted by molar-refractivity contribution is 0.0280. The van der Waals surface area contributed by atoms with Crippen LogP contribution in [0.4, 0.5) is 0 Å². The van der Waals surface area contributed by atoms with Gasteiger partial charge in [-0.3, -0.25) is 10.00 Å². The first kappa shape index (κ1) is 13.4. The Morgan fingerprint density at radius 2 is 2.05 bits per heavy atom. The zero-order chi connectivity index (χ0) is 13.8. The van der Waals surface area contributed by atoms with E-state index in [-0.39, 0.29) is 5.54 Å². The van der Waals surface area contributed by atoms with Crippen LogP contribution in [0.1, 0.15) is 43.9 Å². The zero-order valence-corrected chi connectivity index (χ0v) is 12.2. The Morgan fingerprint density at radius 1 is 1.20 bits per heavy atom. The molecule has 1 unspecified atom stereocenters. The van der Waals surface area contributed by atoms with Crippen molar-refractivity contribution >= 4 is 0 Å². The van der Waals surface area contributed by atoms with Crippen LogP contribution in [-0.4, -0.2) is 21.6 Å². The summed E-state index contributed by atoms with van der Waals surface area (Å²) in [5.74, 6) is 0. The van der Waals surface area contributed by atoms with Crippen LogP contribution in [0.25, 0.3) is 0 Å². The van der Waals surface area contributed by atoms with Crippen LogP contribution in [0.3, 0.4) is 0 Å². The van der Waals surface area contributed by atoms with Crippen LogP contribution >= 0.6 is 0 Å². The highest BCUT2D eigenvalue weighted by Gasteiger charge is 2.39. The van der Waals surface area contributed by atoms with Gasteiger partial charge in [0.2, 0.25) is 0 Å². The normalized spacial score (nSPS) is 23.9. The van der Waals surface area contributed by atoms with Crippen LogP contribution in [0, 0.1) is 0 Å². The quantitative estimate of drug-likeness (QED) is 0.917. The van der Waals surface area contributed by atoms with Gasteiger partial charge in [0.05, 0.1) is 11.2 Å². The van der Waals surface area contributed by atoms with Gasteiger partial charge in [-0.15, -0.1) is 0 Å². The largest absolute Gasteiger partial charge is 0.288 e. The van der Waals surface area contributed by atoms with Crippen LogP contribution in [0.5, 0.6) is 0 Å². The minimum atomic E-state index is 0.130. The lowest BCUT2D eigenvalue weighted by Crippen LogP contribution is -2.48. The summed E-state index contributed by atoms with van der Waals surface area (Å²) in [6.45, 7) is 4.49. The molecule has 0 saturated carbocycles. The predicted octanol–water partition coefficient (Wildman–Crippen LogP) is 3.70. The molecule has 2 aromatic rings. The highest BCUT2D eigenvalue weighted by molar-refractivity contribution is 5.19. The molecule has 106 valence electrons. The average molecular weight is 269 g/mol. The van der Waals surface area contributed by atoms with Crippen molar-refractivity contribution in [3.63, 3.8) is 0 Å². The Labute approximate surface area is 121 Å². The molecule has 3 rings (SSSR count). The van der Waals surface area contributed by atoms with E-state index in [4.69, 9.17) is 0 Å². The van der Waals surface area contributed by atoms with Gasteiger partial charge in [0.25, 0.3) is 0 Å². The van der Waals surface area contributed by atoms with E-state index in [0.29, 0.717) is 0 Å². The molecule has 0 aliphatic carbocycles. The maximum absolute atomic E-state index is 4.18. The highest BCUT2D eigenvalue weighted by atomic mass is 15.2. The Hall–Kier alpha value is -1.61. The Bertz CT molecular complexity index is 520. The van der Waals surface area contributed by atoms with E-state index >= 15 is 0 Å². The second-order valence-electron chi connectivity index (χ2n) is 5.72. The fourth-order valence-electron chi connectivity index (χ4n) is 3.54. The smallest absolute Gasteiger partial charge is 0.0628 e. The SMILES string of the molecule is CCC1(c2ccn[nH]2)CCCCN1Cc1ccccc1. The first-order valence-corrected chi connectivity index (χ1v) is 7.64. The van der Waals surface area contributed by atoms with Crippen molar-refractivity contribution in [2.45, 2.75) is 44.7 Å². The molecule has 3 heteroatoms. The number of likely N-dealkylation sites (tertiary alicyclic amines) is 1. The van der Waals surface area contributed by atoms with Crippen LogP contribution in [0.15, 0.2) is 42.6 Å². The summed E-state index contributed by atoms with van der Waals surface area (Å²) >= 11 is 0. The van der Waals surface area contributed by atoms with E-state index in [1.807, 2.05) is 6.20 Å². The molecular formula is C17H23N3. The second kappa shape index (κ2) is 5.80. The number of nitrogens with one attached hydrogen (secondary N) is 1. The molecule has 0 spiro atoms. The number of H-pyrrole nitrogens is 1. The molecular weight excluding hydrogens is 246 g/mol. The van der Waals surface area contributed by atoms with E-state index in [2.05, 4.69) is 58.4 Å². The lowest BCUT2D eigenvalue weighted by Gasteiger charge is -2.46. The molecule has 3 nitrogen and oxygen atoms in total.